The van der Waals surface area contributed by atoms with E-state index in [-0.39, 0.29) is 24.3 Å². The summed E-state index contributed by atoms with van der Waals surface area (Å²) >= 11 is 0. The van der Waals surface area contributed by atoms with E-state index in [2.05, 4.69) is 5.32 Å². The summed E-state index contributed by atoms with van der Waals surface area (Å²) < 4.78 is 11.0. The Bertz CT molecular complexity index is 1130. The van der Waals surface area contributed by atoms with Crippen LogP contribution in [0.2, 0.25) is 0 Å². The highest BCUT2D eigenvalue weighted by Gasteiger charge is 2.30. The Balaban J connectivity index is 1.77. The van der Waals surface area contributed by atoms with Gasteiger partial charge in [0.25, 0.3) is 0 Å². The number of nitrogens with one attached hydrogen (secondary N) is 1. The lowest BCUT2D eigenvalue weighted by atomic mass is 10.0. The second-order valence-electron chi connectivity index (χ2n) is 9.66. The minimum atomic E-state index is -0.622. The largest absolute Gasteiger partial charge is 0.497 e. The summed E-state index contributed by atoms with van der Waals surface area (Å²) in [6.45, 7) is 6.82. The summed E-state index contributed by atoms with van der Waals surface area (Å²) in [5, 5.41) is 3.11. The van der Waals surface area contributed by atoms with Crippen molar-refractivity contribution in [3.63, 3.8) is 0 Å². The molecule has 1 N–H and O–H groups in total. The fourth-order valence-corrected chi connectivity index (χ4v) is 4.11. The molecule has 202 valence electrons. The highest BCUT2D eigenvalue weighted by molar-refractivity contribution is 5.88. The predicted octanol–water partition coefficient (Wildman–Crippen LogP) is 5.72. The van der Waals surface area contributed by atoms with E-state index in [9.17, 15) is 9.59 Å². The van der Waals surface area contributed by atoms with Crippen molar-refractivity contribution < 1.29 is 19.1 Å². The molecule has 6 nitrogen and oxygen atoms in total. The molecule has 0 saturated heterocycles. The summed E-state index contributed by atoms with van der Waals surface area (Å²) in [5.41, 5.74) is 3.16. The van der Waals surface area contributed by atoms with Crippen LogP contribution in [0.25, 0.3) is 0 Å². The van der Waals surface area contributed by atoms with Crippen molar-refractivity contribution in [1.82, 2.24) is 10.2 Å². The van der Waals surface area contributed by atoms with Crippen LogP contribution in [0.15, 0.2) is 78.9 Å². The van der Waals surface area contributed by atoms with E-state index in [0.29, 0.717) is 26.0 Å². The van der Waals surface area contributed by atoms with Gasteiger partial charge >= 0.3 is 0 Å². The van der Waals surface area contributed by atoms with E-state index < -0.39 is 6.04 Å². The topological polar surface area (TPSA) is 67.9 Å². The second-order valence-corrected chi connectivity index (χ2v) is 9.66. The quantitative estimate of drug-likeness (QED) is 0.278. The molecule has 0 radical (unpaired) electrons. The van der Waals surface area contributed by atoms with Gasteiger partial charge in [-0.3, -0.25) is 9.59 Å². The van der Waals surface area contributed by atoms with E-state index in [1.54, 1.807) is 12.0 Å². The number of methoxy groups -OCH3 is 1. The molecule has 38 heavy (non-hydrogen) atoms. The number of nitrogens with zero attached hydrogens (tertiary/aromatic N) is 1. The van der Waals surface area contributed by atoms with E-state index in [0.717, 1.165) is 34.6 Å². The molecule has 0 aliphatic heterocycles. The van der Waals surface area contributed by atoms with E-state index in [4.69, 9.17) is 9.47 Å². The average molecular weight is 517 g/mol. The molecule has 3 aromatic carbocycles. The maximum atomic E-state index is 13.7. The lowest BCUT2D eigenvalue weighted by Gasteiger charge is -2.32. The number of ether oxygens (including phenoxy) is 2. The van der Waals surface area contributed by atoms with Crippen LogP contribution in [0.1, 0.15) is 49.8 Å². The normalized spacial score (nSPS) is 12.3. The van der Waals surface area contributed by atoms with Crippen LogP contribution >= 0.6 is 0 Å². The minimum absolute atomic E-state index is 0.0231. The summed E-state index contributed by atoms with van der Waals surface area (Å²) in [6.07, 6.45) is 2.09. The third-order valence-corrected chi connectivity index (χ3v) is 6.61. The maximum absolute atomic E-state index is 13.7. The zero-order valence-electron chi connectivity index (χ0n) is 23.0. The number of benzene rings is 3. The molecule has 0 heterocycles. The second kappa shape index (κ2) is 14.8. The summed E-state index contributed by atoms with van der Waals surface area (Å²) in [7, 11) is 1.62. The minimum Gasteiger partial charge on any atom is -0.497 e. The highest BCUT2D eigenvalue weighted by Crippen LogP contribution is 2.19. The predicted molar refractivity (Wildman–Crippen MR) is 151 cm³/mol. The Morgan fingerprint density at radius 3 is 2.18 bits per heavy atom. The zero-order chi connectivity index (χ0) is 27.3. The molecule has 0 fully saturated rings. The van der Waals surface area contributed by atoms with Crippen LogP contribution in [0.5, 0.6) is 11.5 Å². The number of carbonyl (C=O) groups excluding carboxylic acids is 2. The maximum Gasteiger partial charge on any atom is 0.243 e. The fourth-order valence-electron chi connectivity index (χ4n) is 4.11. The lowest BCUT2D eigenvalue weighted by Crippen LogP contribution is -2.52. The van der Waals surface area contributed by atoms with Gasteiger partial charge in [-0.1, -0.05) is 67.1 Å². The van der Waals surface area contributed by atoms with Gasteiger partial charge in [-0.15, -0.1) is 0 Å². The molecule has 3 rings (SSSR count). The lowest BCUT2D eigenvalue weighted by molar-refractivity contribution is -0.141. The van der Waals surface area contributed by atoms with Crippen molar-refractivity contribution in [2.24, 2.45) is 0 Å². The Morgan fingerprint density at radius 2 is 1.55 bits per heavy atom. The van der Waals surface area contributed by atoms with Crippen molar-refractivity contribution >= 4 is 11.8 Å². The summed E-state index contributed by atoms with van der Waals surface area (Å²) in [4.78, 5) is 28.9. The molecular formula is C32H40N2O4. The first kappa shape index (κ1) is 28.8. The van der Waals surface area contributed by atoms with Crippen LogP contribution < -0.4 is 14.8 Å². The molecule has 0 aromatic heterocycles. The van der Waals surface area contributed by atoms with Crippen molar-refractivity contribution in [2.45, 2.75) is 65.1 Å². The van der Waals surface area contributed by atoms with Crippen LogP contribution in [0.4, 0.5) is 0 Å². The van der Waals surface area contributed by atoms with E-state index >= 15 is 0 Å². The number of carbonyl (C=O) groups is 2. The van der Waals surface area contributed by atoms with Gasteiger partial charge in [-0.2, -0.15) is 0 Å². The molecule has 2 amide bonds. The Hall–Kier alpha value is -3.80. The van der Waals surface area contributed by atoms with Crippen molar-refractivity contribution in [1.29, 1.82) is 0 Å². The number of aryl methyl sites for hydroxylation is 1. The first-order chi connectivity index (χ1) is 18.4. The zero-order valence-corrected chi connectivity index (χ0v) is 23.0. The smallest absolute Gasteiger partial charge is 0.243 e. The first-order valence-electron chi connectivity index (χ1n) is 13.4. The van der Waals surface area contributed by atoms with Gasteiger partial charge in [0.15, 0.2) is 0 Å². The number of amides is 2. The van der Waals surface area contributed by atoms with Gasteiger partial charge in [0.2, 0.25) is 11.8 Å². The molecule has 2 atom stereocenters. The Kier molecular flexibility index (Phi) is 11.2. The number of hydrogen-bond acceptors (Lipinski definition) is 4. The molecule has 6 heteroatoms. The van der Waals surface area contributed by atoms with Gasteiger partial charge in [-0.25, -0.2) is 0 Å². The van der Waals surface area contributed by atoms with Crippen LogP contribution in [-0.2, 0) is 22.6 Å². The number of rotatable bonds is 14. The highest BCUT2D eigenvalue weighted by atomic mass is 16.5. The Morgan fingerprint density at radius 1 is 0.895 bits per heavy atom. The molecular weight excluding hydrogens is 476 g/mol. The summed E-state index contributed by atoms with van der Waals surface area (Å²) in [6, 6.07) is 24.8. The monoisotopic (exact) mass is 516 g/mol. The standard InChI is InChI=1S/C32H40N2O4/c1-5-25(3)33-32(36)30(22-26-10-7-6-8-11-26)34(23-27-15-13-24(2)14-16-27)31(35)12-9-21-38-29-19-17-28(37-4)18-20-29/h6-8,10-11,13-20,25,30H,5,9,12,21-23H2,1-4H3,(H,33,36)/t25-,30+/m1/s1. The van der Waals surface area contributed by atoms with Gasteiger partial charge in [0.1, 0.15) is 17.5 Å². The van der Waals surface area contributed by atoms with Gasteiger partial charge < -0.3 is 19.7 Å². The van der Waals surface area contributed by atoms with Crippen molar-refractivity contribution in [3.8, 4) is 11.5 Å². The fraction of sp³-hybridized carbons (Fsp3) is 0.375. The molecule has 0 aliphatic carbocycles. The first-order valence-corrected chi connectivity index (χ1v) is 13.4. The number of hydrogen-bond donors (Lipinski definition) is 1. The van der Waals surface area contributed by atoms with E-state index in [1.807, 2.05) is 99.6 Å². The van der Waals surface area contributed by atoms with Crippen LogP contribution in [0.3, 0.4) is 0 Å². The van der Waals surface area contributed by atoms with Gasteiger partial charge in [-0.05, 0) is 62.1 Å². The third kappa shape index (κ3) is 8.94. The Labute approximate surface area is 227 Å². The molecule has 0 bridgehead atoms. The molecule has 0 spiro atoms. The third-order valence-electron chi connectivity index (χ3n) is 6.61. The molecule has 0 unspecified atom stereocenters. The molecule has 3 aromatic rings. The van der Waals surface area contributed by atoms with Gasteiger partial charge in [0, 0.05) is 25.4 Å². The summed E-state index contributed by atoms with van der Waals surface area (Å²) in [5.74, 6) is 1.30. The SMILES string of the molecule is CC[C@@H](C)NC(=O)[C@H](Cc1ccccc1)N(Cc1ccc(C)cc1)C(=O)CCCOc1ccc(OC)cc1. The van der Waals surface area contributed by atoms with Gasteiger partial charge in [0.05, 0.1) is 13.7 Å². The van der Waals surface area contributed by atoms with Crippen molar-refractivity contribution in [3.05, 3.63) is 95.6 Å². The van der Waals surface area contributed by atoms with Crippen LogP contribution in [-0.4, -0.2) is 42.5 Å². The average Bonchev–Trinajstić information content (AvgIpc) is 2.94. The molecule has 0 saturated carbocycles. The van der Waals surface area contributed by atoms with Crippen LogP contribution in [0, 0.1) is 6.92 Å². The van der Waals surface area contributed by atoms with Crippen molar-refractivity contribution in [2.75, 3.05) is 13.7 Å². The molecule has 0 aliphatic rings. The van der Waals surface area contributed by atoms with E-state index in [1.165, 1.54) is 0 Å².